The van der Waals surface area contributed by atoms with Crippen LogP contribution in [0.2, 0.25) is 0 Å². The first-order valence-corrected chi connectivity index (χ1v) is 8.44. The van der Waals surface area contributed by atoms with E-state index in [-0.39, 0.29) is 0 Å². The largest absolute Gasteiger partial charge is 0.492 e. The summed E-state index contributed by atoms with van der Waals surface area (Å²) in [7, 11) is 0. The number of rotatable bonds is 6. The first-order valence-electron chi connectivity index (χ1n) is 8.44. The maximum Gasteiger partial charge on any atom is 0.274 e. The normalized spacial score (nSPS) is 11.5. The number of hydroxylamine groups is 1. The van der Waals surface area contributed by atoms with E-state index < -0.39 is 11.4 Å². The Bertz CT molecular complexity index is 925. The molecular weight excluding hydrogens is 330 g/mol. The van der Waals surface area contributed by atoms with Crippen molar-refractivity contribution < 1.29 is 14.7 Å². The fraction of sp³-hybridized carbons (Fsp3) is 0.250. The summed E-state index contributed by atoms with van der Waals surface area (Å²) in [6.45, 7) is 5.02. The molecule has 3 aromatic rings. The monoisotopic (exact) mass is 353 g/mol. The Morgan fingerprint density at radius 3 is 2.77 bits per heavy atom. The molecule has 0 unspecified atom stereocenters. The molecule has 2 aromatic carbocycles. The van der Waals surface area contributed by atoms with Crippen LogP contribution in [0.1, 0.15) is 29.8 Å². The number of nitrogens with one attached hydrogen (secondary N) is 1. The number of hydrogen-bond acceptors (Lipinski definition) is 4. The van der Waals surface area contributed by atoms with Gasteiger partial charge in [-0.1, -0.05) is 18.2 Å². The molecule has 0 saturated carbocycles. The fourth-order valence-corrected chi connectivity index (χ4v) is 2.83. The summed E-state index contributed by atoms with van der Waals surface area (Å²) < 4.78 is 7.88. The van der Waals surface area contributed by atoms with Gasteiger partial charge in [-0.3, -0.25) is 10.0 Å². The molecule has 4 N–H and O–H groups in total. The molecule has 1 amide bonds. The van der Waals surface area contributed by atoms with Crippen molar-refractivity contribution in [2.45, 2.75) is 25.9 Å². The standard InChI is InChI=1S/C20H23N3O3/c1-20(2,21)16-4-3-5-17(13-16)26-11-10-23-9-8-14-6-7-15(12-18(14)23)19(24)22-25/h3-9,12-13,25H,10-11,21H2,1-2H3,(H,22,24). The van der Waals surface area contributed by atoms with E-state index >= 15 is 0 Å². The Hall–Kier alpha value is -2.83. The van der Waals surface area contributed by atoms with Gasteiger partial charge in [0.25, 0.3) is 5.91 Å². The molecule has 0 aliphatic carbocycles. The second-order valence-electron chi connectivity index (χ2n) is 6.82. The van der Waals surface area contributed by atoms with Crippen molar-refractivity contribution in [3.8, 4) is 5.75 Å². The molecule has 0 atom stereocenters. The summed E-state index contributed by atoms with van der Waals surface area (Å²) in [5.74, 6) is 0.245. The minimum Gasteiger partial charge on any atom is -0.492 e. The lowest BCUT2D eigenvalue weighted by Crippen LogP contribution is -2.28. The molecule has 26 heavy (non-hydrogen) atoms. The topological polar surface area (TPSA) is 89.5 Å². The predicted octanol–water partition coefficient (Wildman–Crippen LogP) is 3.03. The second kappa shape index (κ2) is 7.19. The number of nitrogens with two attached hydrogens (primary N) is 1. The van der Waals surface area contributed by atoms with Gasteiger partial charge in [0, 0.05) is 22.8 Å². The van der Waals surface area contributed by atoms with Gasteiger partial charge >= 0.3 is 0 Å². The second-order valence-corrected chi connectivity index (χ2v) is 6.82. The molecular formula is C20H23N3O3. The SMILES string of the molecule is CC(C)(N)c1cccc(OCCn2ccc3ccc(C(=O)NO)cc32)c1. The molecule has 0 aliphatic rings. The van der Waals surface area contributed by atoms with Gasteiger partial charge in [0.2, 0.25) is 0 Å². The average molecular weight is 353 g/mol. The van der Waals surface area contributed by atoms with Crippen molar-refractivity contribution in [2.75, 3.05) is 6.61 Å². The smallest absolute Gasteiger partial charge is 0.274 e. The highest BCUT2D eigenvalue weighted by molar-refractivity contribution is 5.97. The molecule has 0 radical (unpaired) electrons. The van der Waals surface area contributed by atoms with Crippen LogP contribution in [0, 0.1) is 0 Å². The average Bonchev–Trinajstić information content (AvgIpc) is 3.03. The zero-order valence-corrected chi connectivity index (χ0v) is 14.9. The summed E-state index contributed by atoms with van der Waals surface area (Å²) in [6, 6.07) is 15.0. The Kier molecular flexibility index (Phi) is 4.97. The summed E-state index contributed by atoms with van der Waals surface area (Å²) >= 11 is 0. The van der Waals surface area contributed by atoms with E-state index in [0.717, 1.165) is 22.2 Å². The zero-order valence-electron chi connectivity index (χ0n) is 14.9. The van der Waals surface area contributed by atoms with E-state index in [9.17, 15) is 4.79 Å². The number of nitrogens with zero attached hydrogens (tertiary/aromatic N) is 1. The number of benzene rings is 2. The van der Waals surface area contributed by atoms with E-state index in [0.29, 0.717) is 18.7 Å². The number of aromatic nitrogens is 1. The number of ether oxygens (including phenoxy) is 1. The molecule has 0 aliphatic heterocycles. The van der Waals surface area contributed by atoms with E-state index in [2.05, 4.69) is 0 Å². The molecule has 0 fully saturated rings. The highest BCUT2D eigenvalue weighted by Gasteiger charge is 2.14. The third-order valence-electron chi connectivity index (χ3n) is 4.32. The Morgan fingerprint density at radius 1 is 1.23 bits per heavy atom. The summed E-state index contributed by atoms with van der Waals surface area (Å²) in [5, 5.41) is 9.81. The van der Waals surface area contributed by atoms with Crippen LogP contribution in [-0.4, -0.2) is 22.3 Å². The quantitative estimate of drug-likeness (QED) is 0.469. The molecule has 0 bridgehead atoms. The van der Waals surface area contributed by atoms with Crippen LogP contribution >= 0.6 is 0 Å². The van der Waals surface area contributed by atoms with E-state index in [4.69, 9.17) is 15.7 Å². The van der Waals surface area contributed by atoms with Gasteiger partial charge in [0.15, 0.2) is 0 Å². The Morgan fingerprint density at radius 2 is 2.04 bits per heavy atom. The molecule has 136 valence electrons. The van der Waals surface area contributed by atoms with Crippen LogP contribution in [0.3, 0.4) is 0 Å². The number of carbonyl (C=O) groups is 1. The van der Waals surface area contributed by atoms with Crippen molar-refractivity contribution in [2.24, 2.45) is 5.73 Å². The summed E-state index contributed by atoms with van der Waals surface area (Å²) in [4.78, 5) is 11.6. The first kappa shape index (κ1) is 18.0. The van der Waals surface area contributed by atoms with E-state index in [1.165, 1.54) is 0 Å². The van der Waals surface area contributed by atoms with Crippen LogP contribution < -0.4 is 16.0 Å². The molecule has 6 heteroatoms. The van der Waals surface area contributed by atoms with Gasteiger partial charge < -0.3 is 15.0 Å². The highest BCUT2D eigenvalue weighted by atomic mass is 16.5. The van der Waals surface area contributed by atoms with Crippen LogP contribution in [0.15, 0.2) is 54.7 Å². The van der Waals surface area contributed by atoms with Crippen LogP contribution in [-0.2, 0) is 12.1 Å². The third kappa shape index (κ3) is 3.87. The minimum absolute atomic E-state index is 0.402. The molecule has 3 rings (SSSR count). The van der Waals surface area contributed by atoms with E-state index in [1.54, 1.807) is 17.6 Å². The van der Waals surface area contributed by atoms with Gasteiger partial charge in [-0.15, -0.1) is 0 Å². The number of fused-ring (bicyclic) bond motifs is 1. The van der Waals surface area contributed by atoms with Crippen molar-refractivity contribution in [3.63, 3.8) is 0 Å². The van der Waals surface area contributed by atoms with Gasteiger partial charge in [0.05, 0.1) is 6.54 Å². The molecule has 1 heterocycles. The van der Waals surface area contributed by atoms with Crippen LogP contribution in [0.4, 0.5) is 0 Å². The number of carbonyl (C=O) groups excluding carboxylic acids is 1. The molecule has 6 nitrogen and oxygen atoms in total. The summed E-state index contributed by atoms with van der Waals surface area (Å²) in [5.41, 5.74) is 9.70. The van der Waals surface area contributed by atoms with Crippen molar-refractivity contribution >= 4 is 16.8 Å². The molecule has 0 saturated heterocycles. The number of amides is 1. The lowest BCUT2D eigenvalue weighted by atomic mass is 9.96. The maximum atomic E-state index is 11.6. The molecule has 1 aromatic heterocycles. The van der Waals surface area contributed by atoms with E-state index in [1.807, 2.05) is 61.0 Å². The van der Waals surface area contributed by atoms with Gasteiger partial charge in [-0.2, -0.15) is 0 Å². The lowest BCUT2D eigenvalue weighted by molar-refractivity contribution is 0.0706. The van der Waals surface area contributed by atoms with Gasteiger partial charge in [-0.25, -0.2) is 5.48 Å². The lowest BCUT2D eigenvalue weighted by Gasteiger charge is -2.20. The van der Waals surface area contributed by atoms with Crippen LogP contribution in [0.25, 0.3) is 10.9 Å². The predicted molar refractivity (Wildman–Crippen MR) is 100 cm³/mol. The first-order chi connectivity index (χ1) is 12.4. The fourth-order valence-electron chi connectivity index (χ4n) is 2.83. The maximum absolute atomic E-state index is 11.6. The van der Waals surface area contributed by atoms with Gasteiger partial charge in [0.1, 0.15) is 12.4 Å². The van der Waals surface area contributed by atoms with Gasteiger partial charge in [-0.05, 0) is 55.1 Å². The molecule has 0 spiro atoms. The zero-order chi connectivity index (χ0) is 18.7. The third-order valence-corrected chi connectivity index (χ3v) is 4.32. The minimum atomic E-state index is -0.530. The van der Waals surface area contributed by atoms with Crippen molar-refractivity contribution in [1.82, 2.24) is 10.0 Å². The van der Waals surface area contributed by atoms with Crippen molar-refractivity contribution in [1.29, 1.82) is 0 Å². The Balaban J connectivity index is 1.71. The van der Waals surface area contributed by atoms with Crippen LogP contribution in [0.5, 0.6) is 5.75 Å². The highest BCUT2D eigenvalue weighted by Crippen LogP contribution is 2.22. The Labute approximate surface area is 152 Å². The summed E-state index contributed by atoms with van der Waals surface area (Å²) in [6.07, 6.45) is 1.95. The number of hydrogen-bond donors (Lipinski definition) is 3. The van der Waals surface area contributed by atoms with Crippen molar-refractivity contribution in [3.05, 3.63) is 65.9 Å².